The van der Waals surface area contributed by atoms with E-state index in [0.717, 1.165) is 6.54 Å². The van der Waals surface area contributed by atoms with E-state index in [1.807, 2.05) is 0 Å². The molecule has 2 N–H and O–H groups in total. The van der Waals surface area contributed by atoms with Gasteiger partial charge < -0.3 is 15.4 Å². The van der Waals surface area contributed by atoms with Gasteiger partial charge in [-0.05, 0) is 0 Å². The van der Waals surface area contributed by atoms with E-state index in [9.17, 15) is 4.79 Å². The van der Waals surface area contributed by atoms with E-state index in [0.29, 0.717) is 25.6 Å². The molecule has 4 nitrogen and oxygen atoms in total. The van der Waals surface area contributed by atoms with Gasteiger partial charge in [0.1, 0.15) is 0 Å². The van der Waals surface area contributed by atoms with Crippen molar-refractivity contribution in [3.05, 3.63) is 0 Å². The lowest BCUT2D eigenvalue weighted by Gasteiger charge is -2.07. The van der Waals surface area contributed by atoms with E-state index in [-0.39, 0.29) is 5.91 Å². The summed E-state index contributed by atoms with van der Waals surface area (Å²) in [5.74, 6) is 0.0743. The SMILES string of the molecule is COCCNC(=O)CCNC(C)C. The first kappa shape index (κ1) is 12.4. The molecule has 0 atom stereocenters. The summed E-state index contributed by atoms with van der Waals surface area (Å²) in [5.41, 5.74) is 0. The quantitative estimate of drug-likeness (QED) is 0.559. The number of nitrogens with one attached hydrogen (secondary N) is 2. The van der Waals surface area contributed by atoms with Gasteiger partial charge in [-0.15, -0.1) is 0 Å². The second-order valence-corrected chi connectivity index (χ2v) is 3.20. The van der Waals surface area contributed by atoms with Crippen LogP contribution in [0.1, 0.15) is 20.3 Å². The lowest BCUT2D eigenvalue weighted by atomic mass is 10.3. The Balaban J connectivity index is 3.20. The summed E-state index contributed by atoms with van der Waals surface area (Å²) >= 11 is 0. The van der Waals surface area contributed by atoms with Crippen LogP contribution in [0.25, 0.3) is 0 Å². The number of carbonyl (C=O) groups is 1. The summed E-state index contributed by atoms with van der Waals surface area (Å²) in [7, 11) is 1.62. The minimum Gasteiger partial charge on any atom is -0.383 e. The maximum atomic E-state index is 11.1. The van der Waals surface area contributed by atoms with Crippen molar-refractivity contribution < 1.29 is 9.53 Å². The average molecular weight is 188 g/mol. The standard InChI is InChI=1S/C9H20N2O2/c1-8(2)10-5-4-9(12)11-6-7-13-3/h8,10H,4-7H2,1-3H3,(H,11,12). The molecule has 0 saturated carbocycles. The molecule has 0 fully saturated rings. The Morgan fingerprint density at radius 3 is 2.62 bits per heavy atom. The molecule has 0 aromatic rings. The van der Waals surface area contributed by atoms with E-state index in [1.54, 1.807) is 7.11 Å². The van der Waals surface area contributed by atoms with E-state index in [1.165, 1.54) is 0 Å². The van der Waals surface area contributed by atoms with Gasteiger partial charge in [-0.1, -0.05) is 13.8 Å². The molecule has 0 unspecified atom stereocenters. The highest BCUT2D eigenvalue weighted by atomic mass is 16.5. The highest BCUT2D eigenvalue weighted by molar-refractivity contribution is 5.75. The normalized spacial score (nSPS) is 10.5. The molecular weight excluding hydrogens is 168 g/mol. The Morgan fingerprint density at radius 2 is 2.08 bits per heavy atom. The molecule has 0 aromatic carbocycles. The third-order valence-electron chi connectivity index (χ3n) is 1.53. The number of hydrogen-bond acceptors (Lipinski definition) is 3. The zero-order valence-electron chi connectivity index (χ0n) is 8.72. The van der Waals surface area contributed by atoms with Crippen LogP contribution in [0.3, 0.4) is 0 Å². The summed E-state index contributed by atoms with van der Waals surface area (Å²) in [6.07, 6.45) is 0.530. The van der Waals surface area contributed by atoms with Gasteiger partial charge in [0.15, 0.2) is 0 Å². The first-order valence-corrected chi connectivity index (χ1v) is 4.66. The number of amides is 1. The van der Waals surface area contributed by atoms with Crippen LogP contribution >= 0.6 is 0 Å². The van der Waals surface area contributed by atoms with Crippen molar-refractivity contribution >= 4 is 5.91 Å². The molecule has 0 radical (unpaired) electrons. The summed E-state index contributed by atoms with van der Waals surface area (Å²) in [5, 5.41) is 5.93. The Labute approximate surface area is 80.0 Å². The molecule has 78 valence electrons. The van der Waals surface area contributed by atoms with Gasteiger partial charge >= 0.3 is 0 Å². The lowest BCUT2D eigenvalue weighted by Crippen LogP contribution is -2.32. The number of carbonyl (C=O) groups excluding carboxylic acids is 1. The summed E-state index contributed by atoms with van der Waals surface area (Å²) < 4.78 is 4.80. The van der Waals surface area contributed by atoms with Crippen LogP contribution < -0.4 is 10.6 Å². The van der Waals surface area contributed by atoms with Crippen molar-refractivity contribution in [1.29, 1.82) is 0 Å². The van der Waals surface area contributed by atoms with Crippen LogP contribution in [-0.4, -0.2) is 38.8 Å². The largest absolute Gasteiger partial charge is 0.383 e. The second-order valence-electron chi connectivity index (χ2n) is 3.20. The third-order valence-corrected chi connectivity index (χ3v) is 1.53. The van der Waals surface area contributed by atoms with Crippen molar-refractivity contribution in [3.8, 4) is 0 Å². The monoisotopic (exact) mass is 188 g/mol. The van der Waals surface area contributed by atoms with Gasteiger partial charge in [-0.2, -0.15) is 0 Å². The molecule has 0 aliphatic heterocycles. The minimum atomic E-state index is 0.0743. The summed E-state index contributed by atoms with van der Waals surface area (Å²) in [6, 6.07) is 0.437. The van der Waals surface area contributed by atoms with Gasteiger partial charge in [-0.3, -0.25) is 4.79 Å². The molecule has 0 aromatic heterocycles. The fraction of sp³-hybridized carbons (Fsp3) is 0.889. The van der Waals surface area contributed by atoms with E-state index < -0.39 is 0 Å². The van der Waals surface area contributed by atoms with Gasteiger partial charge in [0.25, 0.3) is 0 Å². The number of ether oxygens (including phenoxy) is 1. The van der Waals surface area contributed by atoms with Gasteiger partial charge in [0, 0.05) is 32.7 Å². The van der Waals surface area contributed by atoms with Crippen LogP contribution in [0.15, 0.2) is 0 Å². The molecule has 0 rings (SSSR count). The Morgan fingerprint density at radius 1 is 1.38 bits per heavy atom. The fourth-order valence-electron chi connectivity index (χ4n) is 0.855. The van der Waals surface area contributed by atoms with Crippen LogP contribution in [0.4, 0.5) is 0 Å². The highest BCUT2D eigenvalue weighted by Gasteiger charge is 1.99. The molecule has 0 aliphatic carbocycles. The topological polar surface area (TPSA) is 50.4 Å². The fourth-order valence-corrected chi connectivity index (χ4v) is 0.855. The minimum absolute atomic E-state index is 0.0743. The van der Waals surface area contributed by atoms with E-state index in [4.69, 9.17) is 4.74 Å². The predicted molar refractivity (Wildman–Crippen MR) is 52.6 cm³/mol. The second kappa shape index (κ2) is 8.01. The first-order chi connectivity index (χ1) is 6.16. The number of rotatable bonds is 7. The van der Waals surface area contributed by atoms with Crippen molar-refractivity contribution in [1.82, 2.24) is 10.6 Å². The van der Waals surface area contributed by atoms with Gasteiger partial charge in [0.05, 0.1) is 6.61 Å². The van der Waals surface area contributed by atoms with E-state index >= 15 is 0 Å². The maximum absolute atomic E-state index is 11.1. The first-order valence-electron chi connectivity index (χ1n) is 4.66. The highest BCUT2D eigenvalue weighted by Crippen LogP contribution is 1.80. The van der Waals surface area contributed by atoms with Crippen molar-refractivity contribution in [3.63, 3.8) is 0 Å². The van der Waals surface area contributed by atoms with Crippen LogP contribution in [0, 0.1) is 0 Å². The molecular formula is C9H20N2O2. The molecule has 13 heavy (non-hydrogen) atoms. The Hall–Kier alpha value is -0.610. The third kappa shape index (κ3) is 9.30. The Kier molecular flexibility index (Phi) is 7.63. The average Bonchev–Trinajstić information content (AvgIpc) is 2.04. The molecule has 0 bridgehead atoms. The van der Waals surface area contributed by atoms with Crippen molar-refractivity contribution in [2.75, 3.05) is 26.8 Å². The van der Waals surface area contributed by atoms with Crippen LogP contribution in [0.5, 0.6) is 0 Å². The van der Waals surface area contributed by atoms with E-state index in [2.05, 4.69) is 24.5 Å². The molecule has 0 saturated heterocycles. The Bertz CT molecular complexity index is 138. The predicted octanol–water partition coefficient (Wildman–Crippen LogP) is 0.137. The molecule has 0 heterocycles. The molecule has 4 heteroatoms. The number of methoxy groups -OCH3 is 1. The molecule has 0 spiro atoms. The van der Waals surface area contributed by atoms with Gasteiger partial charge in [-0.25, -0.2) is 0 Å². The van der Waals surface area contributed by atoms with Crippen LogP contribution in [0.2, 0.25) is 0 Å². The zero-order chi connectivity index (χ0) is 10.1. The molecule has 0 aliphatic rings. The van der Waals surface area contributed by atoms with Crippen molar-refractivity contribution in [2.45, 2.75) is 26.3 Å². The smallest absolute Gasteiger partial charge is 0.221 e. The summed E-state index contributed by atoms with van der Waals surface area (Å²) in [6.45, 7) is 6.02. The number of hydrogen-bond donors (Lipinski definition) is 2. The lowest BCUT2D eigenvalue weighted by molar-refractivity contribution is -0.121. The maximum Gasteiger partial charge on any atom is 0.221 e. The van der Waals surface area contributed by atoms with Crippen LogP contribution in [-0.2, 0) is 9.53 Å². The zero-order valence-corrected chi connectivity index (χ0v) is 8.72. The molecule has 1 amide bonds. The van der Waals surface area contributed by atoms with Crippen molar-refractivity contribution in [2.24, 2.45) is 0 Å². The summed E-state index contributed by atoms with van der Waals surface area (Å²) in [4.78, 5) is 11.1. The van der Waals surface area contributed by atoms with Gasteiger partial charge in [0.2, 0.25) is 5.91 Å².